The summed E-state index contributed by atoms with van der Waals surface area (Å²) in [6.07, 6.45) is 0. The maximum absolute atomic E-state index is 12.9. The second-order valence-electron chi connectivity index (χ2n) is 6.13. The predicted molar refractivity (Wildman–Crippen MR) is 119 cm³/mol. The molecular weight excluding hydrogens is 473 g/mol. The number of hydrogen-bond donors (Lipinski definition) is 2. The Hall–Kier alpha value is -2.39. The quantitative estimate of drug-likeness (QED) is 0.508. The summed E-state index contributed by atoms with van der Waals surface area (Å²) in [7, 11) is -1.14. The molecule has 1 aromatic heterocycles. The molecule has 3 aromatic rings. The summed E-state index contributed by atoms with van der Waals surface area (Å²) in [5.74, 6) is -0.420. The number of carbonyl (C=O) groups is 1. The Kier molecular flexibility index (Phi) is 6.52. The first-order chi connectivity index (χ1) is 14.1. The highest BCUT2D eigenvalue weighted by Gasteiger charge is 2.23. The second kappa shape index (κ2) is 8.77. The molecule has 0 saturated heterocycles. The van der Waals surface area contributed by atoms with Crippen molar-refractivity contribution < 1.29 is 17.9 Å². The summed E-state index contributed by atoms with van der Waals surface area (Å²) in [6.45, 7) is 0. The van der Waals surface area contributed by atoms with E-state index in [0.717, 1.165) is 0 Å². The molecule has 30 heavy (non-hydrogen) atoms. The van der Waals surface area contributed by atoms with E-state index in [1.165, 1.54) is 42.0 Å². The van der Waals surface area contributed by atoms with Crippen LogP contribution in [0.3, 0.4) is 0 Å². The third kappa shape index (κ3) is 4.52. The Morgan fingerprint density at radius 2 is 1.73 bits per heavy atom. The highest BCUT2D eigenvalue weighted by atomic mass is 35.5. The predicted octanol–water partition coefficient (Wildman–Crippen LogP) is 5.05. The normalized spacial score (nSPS) is 11.2. The van der Waals surface area contributed by atoms with E-state index in [1.54, 1.807) is 25.2 Å². The van der Waals surface area contributed by atoms with Crippen LogP contribution in [-0.4, -0.2) is 26.0 Å². The van der Waals surface area contributed by atoms with Gasteiger partial charge in [-0.1, -0.05) is 46.9 Å². The molecule has 1 amide bonds. The van der Waals surface area contributed by atoms with Crippen molar-refractivity contribution in [1.82, 2.24) is 4.57 Å². The van der Waals surface area contributed by atoms with Crippen LogP contribution in [0.1, 0.15) is 10.5 Å². The lowest BCUT2D eigenvalue weighted by molar-refractivity contribution is 0.101. The fourth-order valence-electron chi connectivity index (χ4n) is 2.66. The van der Waals surface area contributed by atoms with Crippen molar-refractivity contribution >= 4 is 62.1 Å². The van der Waals surface area contributed by atoms with Crippen LogP contribution in [-0.2, 0) is 17.1 Å². The number of methoxy groups -OCH3 is 1. The number of para-hydroxylation sites is 1. The molecule has 2 N–H and O–H groups in total. The molecular formula is C19H16Cl3N3O4S. The van der Waals surface area contributed by atoms with Gasteiger partial charge in [-0.25, -0.2) is 8.42 Å². The number of rotatable bonds is 6. The van der Waals surface area contributed by atoms with Gasteiger partial charge in [-0.05, 0) is 36.4 Å². The number of ether oxygens (including phenoxy) is 1. The lowest BCUT2D eigenvalue weighted by Gasteiger charge is -2.14. The van der Waals surface area contributed by atoms with Gasteiger partial charge >= 0.3 is 0 Å². The van der Waals surface area contributed by atoms with Gasteiger partial charge in [-0.2, -0.15) is 0 Å². The third-order valence-corrected chi connectivity index (χ3v) is 6.74. The zero-order chi connectivity index (χ0) is 22.1. The summed E-state index contributed by atoms with van der Waals surface area (Å²) < 4.78 is 34.9. The van der Waals surface area contributed by atoms with E-state index < -0.39 is 15.9 Å². The summed E-state index contributed by atoms with van der Waals surface area (Å²) in [6, 6.07) is 12.1. The molecule has 3 rings (SSSR count). The van der Waals surface area contributed by atoms with Crippen LogP contribution >= 0.6 is 34.8 Å². The zero-order valence-electron chi connectivity index (χ0n) is 15.7. The van der Waals surface area contributed by atoms with Crippen molar-refractivity contribution in [1.29, 1.82) is 0 Å². The summed E-state index contributed by atoms with van der Waals surface area (Å²) in [5, 5.41) is 3.31. The van der Waals surface area contributed by atoms with Gasteiger partial charge in [0.1, 0.15) is 21.5 Å². The molecule has 1 heterocycles. The highest BCUT2D eigenvalue weighted by molar-refractivity contribution is 7.92. The minimum Gasteiger partial charge on any atom is -0.495 e. The van der Waals surface area contributed by atoms with E-state index in [-0.39, 0.29) is 42.9 Å². The van der Waals surface area contributed by atoms with E-state index >= 15 is 0 Å². The number of nitrogens with zero attached hydrogens (tertiary/aromatic N) is 1. The molecule has 0 unspecified atom stereocenters. The molecule has 0 spiro atoms. The first-order valence-corrected chi connectivity index (χ1v) is 11.0. The molecule has 0 aliphatic rings. The van der Waals surface area contributed by atoms with Gasteiger partial charge in [0.05, 0.1) is 22.8 Å². The molecule has 11 heteroatoms. The molecule has 0 atom stereocenters. The van der Waals surface area contributed by atoms with Crippen molar-refractivity contribution in [2.24, 2.45) is 7.05 Å². The zero-order valence-corrected chi connectivity index (χ0v) is 18.8. The lowest BCUT2D eigenvalue weighted by Crippen LogP contribution is -2.17. The first-order valence-electron chi connectivity index (χ1n) is 8.41. The van der Waals surface area contributed by atoms with Gasteiger partial charge in [0.2, 0.25) is 0 Å². The molecule has 0 bridgehead atoms. The van der Waals surface area contributed by atoms with Crippen molar-refractivity contribution in [3.05, 3.63) is 69.4 Å². The second-order valence-corrected chi connectivity index (χ2v) is 8.96. The number of nitrogens with one attached hydrogen (secondary N) is 2. The van der Waals surface area contributed by atoms with Crippen molar-refractivity contribution in [2.75, 3.05) is 17.1 Å². The van der Waals surface area contributed by atoms with E-state index in [1.807, 2.05) is 0 Å². The van der Waals surface area contributed by atoms with Gasteiger partial charge < -0.3 is 14.6 Å². The molecule has 0 aliphatic heterocycles. The lowest BCUT2D eigenvalue weighted by atomic mass is 10.3. The van der Waals surface area contributed by atoms with Crippen LogP contribution in [0.15, 0.2) is 53.4 Å². The fraction of sp³-hybridized carbons (Fsp3) is 0.105. The number of halogens is 3. The van der Waals surface area contributed by atoms with E-state index in [9.17, 15) is 13.2 Å². The Labute approximate surface area is 188 Å². The van der Waals surface area contributed by atoms with Crippen molar-refractivity contribution in [3.63, 3.8) is 0 Å². The first kappa shape index (κ1) is 22.3. The van der Waals surface area contributed by atoms with Gasteiger partial charge in [0.15, 0.2) is 0 Å². The van der Waals surface area contributed by atoms with Crippen LogP contribution in [0.2, 0.25) is 15.2 Å². The molecule has 7 nitrogen and oxygen atoms in total. The molecule has 158 valence electrons. The number of anilines is 2. The summed E-state index contributed by atoms with van der Waals surface area (Å²) in [5.41, 5.74) is 0.650. The molecule has 0 saturated carbocycles. The van der Waals surface area contributed by atoms with Gasteiger partial charge in [0, 0.05) is 12.7 Å². The summed E-state index contributed by atoms with van der Waals surface area (Å²) in [4.78, 5) is 12.4. The van der Waals surface area contributed by atoms with E-state index in [0.29, 0.717) is 0 Å². The smallest absolute Gasteiger partial charge is 0.272 e. The van der Waals surface area contributed by atoms with Crippen molar-refractivity contribution in [2.45, 2.75) is 4.90 Å². The minimum absolute atomic E-state index is 0.0949. The topological polar surface area (TPSA) is 89.4 Å². The van der Waals surface area contributed by atoms with E-state index in [4.69, 9.17) is 39.5 Å². The third-order valence-electron chi connectivity index (χ3n) is 4.18. The van der Waals surface area contributed by atoms with Crippen molar-refractivity contribution in [3.8, 4) is 5.75 Å². The largest absolute Gasteiger partial charge is 0.495 e. The molecule has 0 aliphatic carbocycles. The number of aromatic nitrogens is 1. The number of benzene rings is 2. The molecule has 0 radical (unpaired) electrons. The average molecular weight is 489 g/mol. The molecule has 2 aromatic carbocycles. The Morgan fingerprint density at radius 3 is 2.33 bits per heavy atom. The standard InChI is InChI=1S/C19H16Cl3N3O4S/c1-25-15(10-13(21)18(25)22)19(26)23-11-7-8-16(29-2)17(9-11)30(27,28)24-14-6-4-3-5-12(14)20/h3-10,24H,1-2H3,(H,23,26). The van der Waals surface area contributed by atoms with Gasteiger partial charge in [-0.3, -0.25) is 9.52 Å². The highest BCUT2D eigenvalue weighted by Crippen LogP contribution is 2.31. The average Bonchev–Trinajstić information content (AvgIpc) is 2.97. The Balaban J connectivity index is 1.94. The van der Waals surface area contributed by atoms with Crippen LogP contribution in [0.25, 0.3) is 0 Å². The SMILES string of the molecule is COc1ccc(NC(=O)c2cc(Cl)c(Cl)n2C)cc1S(=O)(=O)Nc1ccccc1Cl. The number of carbonyl (C=O) groups excluding carboxylic acids is 1. The minimum atomic E-state index is -4.07. The Morgan fingerprint density at radius 1 is 1.03 bits per heavy atom. The van der Waals surface area contributed by atoms with Crippen LogP contribution in [0, 0.1) is 0 Å². The fourth-order valence-corrected chi connectivity index (χ4v) is 4.55. The van der Waals surface area contributed by atoms with Crippen LogP contribution < -0.4 is 14.8 Å². The summed E-state index contributed by atoms with van der Waals surface area (Å²) >= 11 is 18.0. The van der Waals surface area contributed by atoms with Gasteiger partial charge in [0.25, 0.3) is 15.9 Å². The van der Waals surface area contributed by atoms with E-state index in [2.05, 4.69) is 10.0 Å². The molecule has 0 fully saturated rings. The Bertz CT molecular complexity index is 1230. The monoisotopic (exact) mass is 487 g/mol. The number of sulfonamides is 1. The maximum Gasteiger partial charge on any atom is 0.272 e. The van der Waals surface area contributed by atoms with Crippen LogP contribution in [0.4, 0.5) is 11.4 Å². The van der Waals surface area contributed by atoms with Crippen LogP contribution in [0.5, 0.6) is 5.75 Å². The number of hydrogen-bond acceptors (Lipinski definition) is 4. The number of amides is 1. The maximum atomic E-state index is 12.9. The van der Waals surface area contributed by atoms with Gasteiger partial charge in [-0.15, -0.1) is 0 Å².